The molecule has 7 heteroatoms. The van der Waals surface area contributed by atoms with Crippen LogP contribution in [0.15, 0.2) is 30.7 Å². The Labute approximate surface area is 168 Å². The van der Waals surface area contributed by atoms with Crippen LogP contribution in [-0.4, -0.2) is 48.5 Å². The molecule has 0 bridgehead atoms. The zero-order valence-electron chi connectivity index (χ0n) is 16.8. The van der Waals surface area contributed by atoms with Gasteiger partial charge in [-0.2, -0.15) is 5.10 Å². The van der Waals surface area contributed by atoms with Gasteiger partial charge in [-0.1, -0.05) is 6.92 Å². The Kier molecular flexibility index (Phi) is 3.45. The van der Waals surface area contributed by atoms with Gasteiger partial charge >= 0.3 is 0 Å². The van der Waals surface area contributed by atoms with Crippen LogP contribution >= 0.6 is 0 Å². The van der Waals surface area contributed by atoms with Crippen molar-refractivity contribution in [3.8, 4) is 11.3 Å². The van der Waals surface area contributed by atoms with Gasteiger partial charge in [0.2, 0.25) is 0 Å². The second-order valence-corrected chi connectivity index (χ2v) is 8.54. The second-order valence-electron chi connectivity index (χ2n) is 8.54. The van der Waals surface area contributed by atoms with E-state index in [1.165, 1.54) is 6.07 Å². The minimum atomic E-state index is -0.309. The van der Waals surface area contributed by atoms with Crippen LogP contribution in [0.1, 0.15) is 29.8 Å². The highest BCUT2D eigenvalue weighted by Gasteiger charge is 2.56. The van der Waals surface area contributed by atoms with E-state index < -0.39 is 0 Å². The van der Waals surface area contributed by atoms with Crippen LogP contribution in [-0.2, 0) is 0 Å². The molecule has 0 radical (unpaired) electrons. The molecular formula is C22H23FN6. The standard InChI is InChI=1S/C22H23FN6/c1-4-27-9-15-16(10-27)20(15)19-11-28-8-14(6-17(23)22(28)25-19)18-5-12(2)21-24-13(3)7-29(21)26-18/h5-8,11,15-16,20H,4,9-10H2,1-3H3/t15-,16+,20?. The van der Waals surface area contributed by atoms with Crippen molar-refractivity contribution in [1.29, 1.82) is 0 Å². The summed E-state index contributed by atoms with van der Waals surface area (Å²) in [5.74, 6) is 1.53. The Balaban J connectivity index is 1.39. The molecule has 1 saturated carbocycles. The number of rotatable bonds is 3. The van der Waals surface area contributed by atoms with Gasteiger partial charge in [-0.05, 0) is 49.9 Å². The highest BCUT2D eigenvalue weighted by atomic mass is 19.1. The fourth-order valence-corrected chi connectivity index (χ4v) is 5.07. The van der Waals surface area contributed by atoms with Gasteiger partial charge in [-0.25, -0.2) is 18.9 Å². The first-order valence-electron chi connectivity index (χ1n) is 10.3. The summed E-state index contributed by atoms with van der Waals surface area (Å²) in [6.07, 6.45) is 5.83. The SMILES string of the molecule is CCN1C[C@@H]2C(c3cn4cc(-c5cc(C)c6nc(C)cn6n5)cc(F)c4n3)[C@@H]2C1. The number of pyridine rings is 1. The lowest BCUT2D eigenvalue weighted by Gasteiger charge is -2.15. The Morgan fingerprint density at radius 2 is 1.83 bits per heavy atom. The fourth-order valence-electron chi connectivity index (χ4n) is 5.07. The van der Waals surface area contributed by atoms with Crippen molar-refractivity contribution in [2.45, 2.75) is 26.7 Å². The number of nitrogens with zero attached hydrogens (tertiary/aromatic N) is 6. The number of aryl methyl sites for hydroxylation is 2. The Hall–Kier alpha value is -2.80. The maximum Gasteiger partial charge on any atom is 0.173 e. The Morgan fingerprint density at radius 3 is 2.59 bits per heavy atom. The molecule has 2 aliphatic rings. The van der Waals surface area contributed by atoms with Gasteiger partial charge in [0.1, 0.15) is 0 Å². The number of piperidine rings is 1. The molecule has 3 atom stereocenters. The molecule has 1 aliphatic carbocycles. The van der Waals surface area contributed by atoms with Gasteiger partial charge in [-0.3, -0.25) is 0 Å². The van der Waals surface area contributed by atoms with Gasteiger partial charge in [0.25, 0.3) is 0 Å². The molecule has 2 fully saturated rings. The van der Waals surface area contributed by atoms with Crippen molar-refractivity contribution in [1.82, 2.24) is 28.9 Å². The highest BCUT2D eigenvalue weighted by Crippen LogP contribution is 2.57. The van der Waals surface area contributed by atoms with E-state index in [-0.39, 0.29) is 5.82 Å². The average molecular weight is 390 g/mol. The summed E-state index contributed by atoms with van der Waals surface area (Å²) in [7, 11) is 0. The first kappa shape index (κ1) is 17.1. The number of imidazole rings is 2. The first-order valence-corrected chi connectivity index (χ1v) is 10.3. The van der Waals surface area contributed by atoms with E-state index in [0.29, 0.717) is 23.4 Å². The van der Waals surface area contributed by atoms with E-state index in [0.717, 1.165) is 53.5 Å². The third kappa shape index (κ3) is 2.53. The van der Waals surface area contributed by atoms with Gasteiger partial charge in [0, 0.05) is 37.0 Å². The summed E-state index contributed by atoms with van der Waals surface area (Å²) < 4.78 is 18.5. The van der Waals surface area contributed by atoms with Crippen molar-refractivity contribution in [3.05, 3.63) is 53.5 Å². The van der Waals surface area contributed by atoms with Crippen LogP contribution in [0.4, 0.5) is 4.39 Å². The fraction of sp³-hybridized carbons (Fsp3) is 0.409. The summed E-state index contributed by atoms with van der Waals surface area (Å²) in [4.78, 5) is 11.6. The lowest BCUT2D eigenvalue weighted by atomic mass is 10.1. The third-order valence-corrected chi connectivity index (χ3v) is 6.61. The van der Waals surface area contributed by atoms with Gasteiger partial charge in [-0.15, -0.1) is 0 Å². The predicted octanol–water partition coefficient (Wildman–Crippen LogP) is 3.47. The normalized spacial score (nSPS) is 23.9. The molecule has 0 aromatic carbocycles. The lowest BCUT2D eigenvalue weighted by molar-refractivity contribution is 0.313. The van der Waals surface area contributed by atoms with Gasteiger partial charge in [0.15, 0.2) is 17.1 Å². The summed E-state index contributed by atoms with van der Waals surface area (Å²) in [6.45, 7) is 9.54. The molecule has 0 N–H and O–H groups in total. The molecule has 1 aliphatic heterocycles. The Bertz CT molecular complexity index is 1260. The largest absolute Gasteiger partial charge is 0.304 e. The summed E-state index contributed by atoms with van der Waals surface area (Å²) in [5.41, 5.74) is 5.65. The summed E-state index contributed by atoms with van der Waals surface area (Å²) >= 11 is 0. The van der Waals surface area contributed by atoms with E-state index in [1.807, 2.05) is 42.9 Å². The minimum Gasteiger partial charge on any atom is -0.304 e. The first-order chi connectivity index (χ1) is 14.0. The molecule has 1 saturated heterocycles. The maximum atomic E-state index is 14.9. The molecule has 1 unspecified atom stereocenters. The number of halogens is 1. The van der Waals surface area contributed by atoms with Crippen molar-refractivity contribution >= 4 is 11.3 Å². The molecule has 6 nitrogen and oxygen atoms in total. The van der Waals surface area contributed by atoms with Crippen LogP contribution in [0.5, 0.6) is 0 Å². The zero-order valence-corrected chi connectivity index (χ0v) is 16.8. The van der Waals surface area contributed by atoms with Crippen LogP contribution in [0, 0.1) is 31.5 Å². The molecule has 6 rings (SSSR count). The van der Waals surface area contributed by atoms with Gasteiger partial charge < -0.3 is 9.30 Å². The number of likely N-dealkylation sites (tertiary alicyclic amines) is 1. The van der Waals surface area contributed by atoms with E-state index in [2.05, 4.69) is 26.9 Å². The van der Waals surface area contributed by atoms with E-state index in [9.17, 15) is 4.39 Å². The van der Waals surface area contributed by atoms with Crippen LogP contribution in [0.25, 0.3) is 22.6 Å². The van der Waals surface area contributed by atoms with Crippen molar-refractivity contribution < 1.29 is 4.39 Å². The van der Waals surface area contributed by atoms with E-state index in [4.69, 9.17) is 0 Å². The average Bonchev–Trinajstić information content (AvgIpc) is 3.10. The number of hydrogen-bond donors (Lipinski definition) is 0. The third-order valence-electron chi connectivity index (χ3n) is 6.61. The number of fused-ring (bicyclic) bond motifs is 3. The number of aromatic nitrogens is 5. The topological polar surface area (TPSA) is 50.7 Å². The second kappa shape index (κ2) is 5.86. The van der Waals surface area contributed by atoms with Crippen molar-refractivity contribution in [2.75, 3.05) is 19.6 Å². The zero-order chi connectivity index (χ0) is 19.9. The molecule has 0 amide bonds. The summed E-state index contributed by atoms with van der Waals surface area (Å²) in [6, 6.07) is 3.50. The number of hydrogen-bond acceptors (Lipinski definition) is 4. The van der Waals surface area contributed by atoms with Crippen molar-refractivity contribution in [3.63, 3.8) is 0 Å². The molecule has 4 aromatic rings. The molecular weight excluding hydrogens is 367 g/mol. The lowest BCUT2D eigenvalue weighted by Crippen LogP contribution is -2.23. The minimum absolute atomic E-state index is 0.309. The van der Waals surface area contributed by atoms with Crippen LogP contribution in [0.3, 0.4) is 0 Å². The monoisotopic (exact) mass is 390 g/mol. The van der Waals surface area contributed by atoms with Crippen LogP contribution < -0.4 is 0 Å². The van der Waals surface area contributed by atoms with Crippen molar-refractivity contribution in [2.24, 2.45) is 11.8 Å². The molecule has 5 heterocycles. The molecule has 0 spiro atoms. The smallest absolute Gasteiger partial charge is 0.173 e. The molecule has 4 aromatic heterocycles. The molecule has 148 valence electrons. The van der Waals surface area contributed by atoms with Gasteiger partial charge in [0.05, 0.1) is 23.3 Å². The highest BCUT2D eigenvalue weighted by molar-refractivity contribution is 5.64. The van der Waals surface area contributed by atoms with Crippen LogP contribution in [0.2, 0.25) is 0 Å². The predicted molar refractivity (Wildman–Crippen MR) is 108 cm³/mol. The quantitative estimate of drug-likeness (QED) is 0.538. The Morgan fingerprint density at radius 1 is 1.03 bits per heavy atom. The summed E-state index contributed by atoms with van der Waals surface area (Å²) in [5, 5.41) is 4.64. The molecule has 29 heavy (non-hydrogen) atoms. The van der Waals surface area contributed by atoms with E-state index in [1.54, 1.807) is 4.52 Å². The van der Waals surface area contributed by atoms with E-state index >= 15 is 0 Å². The maximum absolute atomic E-state index is 14.9.